The Labute approximate surface area is 141 Å². The van der Waals surface area contributed by atoms with Crippen LogP contribution in [0.3, 0.4) is 0 Å². The summed E-state index contributed by atoms with van der Waals surface area (Å²) in [6, 6.07) is 23.2. The molecule has 3 aromatic rings. The SMILES string of the molecule is CCc1cccc(=O)n1Cc1ccc(-c2ccccc2C#N)cc1. The van der Waals surface area contributed by atoms with Crippen molar-refractivity contribution in [2.24, 2.45) is 0 Å². The van der Waals surface area contributed by atoms with Crippen LogP contribution in [-0.4, -0.2) is 4.57 Å². The highest BCUT2D eigenvalue weighted by Crippen LogP contribution is 2.23. The smallest absolute Gasteiger partial charge is 0.251 e. The minimum Gasteiger partial charge on any atom is -0.308 e. The maximum Gasteiger partial charge on any atom is 0.251 e. The van der Waals surface area contributed by atoms with Crippen molar-refractivity contribution < 1.29 is 0 Å². The normalized spacial score (nSPS) is 10.3. The van der Waals surface area contributed by atoms with Gasteiger partial charge >= 0.3 is 0 Å². The van der Waals surface area contributed by atoms with E-state index in [1.807, 2.05) is 61.5 Å². The Kier molecular flexibility index (Phi) is 4.58. The van der Waals surface area contributed by atoms with Crippen LogP contribution in [0.1, 0.15) is 23.7 Å². The van der Waals surface area contributed by atoms with E-state index in [0.717, 1.165) is 28.8 Å². The molecule has 3 rings (SSSR count). The highest BCUT2D eigenvalue weighted by molar-refractivity contribution is 5.70. The van der Waals surface area contributed by atoms with Crippen LogP contribution >= 0.6 is 0 Å². The number of rotatable bonds is 4. The fraction of sp³-hybridized carbons (Fsp3) is 0.143. The summed E-state index contributed by atoms with van der Waals surface area (Å²) < 4.78 is 1.80. The Morgan fingerprint density at radius 2 is 1.71 bits per heavy atom. The zero-order chi connectivity index (χ0) is 16.9. The molecule has 0 saturated carbocycles. The van der Waals surface area contributed by atoms with Crippen LogP contribution in [0.5, 0.6) is 0 Å². The standard InChI is InChI=1S/C21H18N2O/c1-2-19-7-5-9-21(24)23(19)15-16-10-12-17(13-11-16)20-8-4-3-6-18(20)14-22/h3-13H,2,15H2,1H3. The Morgan fingerprint density at radius 1 is 0.958 bits per heavy atom. The van der Waals surface area contributed by atoms with Gasteiger partial charge in [-0.2, -0.15) is 5.26 Å². The molecule has 24 heavy (non-hydrogen) atoms. The summed E-state index contributed by atoms with van der Waals surface area (Å²) in [5.41, 5.74) is 4.72. The fourth-order valence-corrected chi connectivity index (χ4v) is 2.86. The van der Waals surface area contributed by atoms with Crippen molar-refractivity contribution in [1.82, 2.24) is 4.57 Å². The number of nitriles is 1. The fourth-order valence-electron chi connectivity index (χ4n) is 2.86. The summed E-state index contributed by atoms with van der Waals surface area (Å²) in [5, 5.41) is 9.23. The lowest BCUT2D eigenvalue weighted by Crippen LogP contribution is -2.22. The number of aryl methyl sites for hydroxylation is 1. The van der Waals surface area contributed by atoms with Gasteiger partial charge in [-0.05, 0) is 35.2 Å². The third-order valence-corrected chi connectivity index (χ3v) is 4.16. The summed E-state index contributed by atoms with van der Waals surface area (Å²) in [6.45, 7) is 2.61. The highest BCUT2D eigenvalue weighted by Gasteiger charge is 2.06. The van der Waals surface area contributed by atoms with E-state index >= 15 is 0 Å². The third-order valence-electron chi connectivity index (χ3n) is 4.16. The quantitative estimate of drug-likeness (QED) is 0.731. The first-order valence-electron chi connectivity index (χ1n) is 8.00. The molecule has 0 radical (unpaired) electrons. The second-order valence-corrected chi connectivity index (χ2v) is 5.65. The molecule has 1 aromatic heterocycles. The molecule has 0 aliphatic rings. The molecule has 0 saturated heterocycles. The minimum absolute atomic E-state index is 0.0215. The minimum atomic E-state index is 0.0215. The molecule has 1 heterocycles. The van der Waals surface area contributed by atoms with E-state index in [0.29, 0.717) is 12.1 Å². The average molecular weight is 314 g/mol. The van der Waals surface area contributed by atoms with Gasteiger partial charge in [0.15, 0.2) is 0 Å². The summed E-state index contributed by atoms with van der Waals surface area (Å²) >= 11 is 0. The van der Waals surface area contributed by atoms with E-state index < -0.39 is 0 Å². The lowest BCUT2D eigenvalue weighted by atomic mass is 9.99. The molecule has 118 valence electrons. The first-order valence-corrected chi connectivity index (χ1v) is 8.00. The number of pyridine rings is 1. The number of aromatic nitrogens is 1. The molecule has 0 N–H and O–H groups in total. The Hall–Kier alpha value is -3.12. The summed E-state index contributed by atoms with van der Waals surface area (Å²) in [7, 11) is 0. The van der Waals surface area contributed by atoms with Gasteiger partial charge in [0.05, 0.1) is 18.2 Å². The van der Waals surface area contributed by atoms with Crippen molar-refractivity contribution >= 4 is 0 Å². The van der Waals surface area contributed by atoms with Crippen molar-refractivity contribution in [2.75, 3.05) is 0 Å². The van der Waals surface area contributed by atoms with Gasteiger partial charge in [-0.25, -0.2) is 0 Å². The number of hydrogen-bond donors (Lipinski definition) is 0. The van der Waals surface area contributed by atoms with Crippen LogP contribution < -0.4 is 5.56 Å². The van der Waals surface area contributed by atoms with Crippen molar-refractivity contribution in [3.63, 3.8) is 0 Å². The molecule has 3 nitrogen and oxygen atoms in total. The van der Waals surface area contributed by atoms with Gasteiger partial charge in [-0.1, -0.05) is 55.5 Å². The van der Waals surface area contributed by atoms with Gasteiger partial charge in [0.25, 0.3) is 5.56 Å². The number of hydrogen-bond acceptors (Lipinski definition) is 2. The molecule has 0 atom stereocenters. The second kappa shape index (κ2) is 6.97. The van der Waals surface area contributed by atoms with Gasteiger partial charge in [0.1, 0.15) is 0 Å². The molecule has 2 aromatic carbocycles. The van der Waals surface area contributed by atoms with Crippen LogP contribution in [0, 0.1) is 11.3 Å². The lowest BCUT2D eigenvalue weighted by Gasteiger charge is -2.12. The van der Waals surface area contributed by atoms with E-state index in [2.05, 4.69) is 6.07 Å². The molecule has 0 amide bonds. The van der Waals surface area contributed by atoms with Crippen molar-refractivity contribution in [3.05, 3.63) is 93.9 Å². The number of benzene rings is 2. The third kappa shape index (κ3) is 3.13. The molecule has 0 aliphatic carbocycles. The molecule has 0 aliphatic heterocycles. The molecule has 0 bridgehead atoms. The van der Waals surface area contributed by atoms with Crippen LogP contribution in [0.4, 0.5) is 0 Å². The van der Waals surface area contributed by atoms with Crippen LogP contribution in [0.2, 0.25) is 0 Å². The monoisotopic (exact) mass is 314 g/mol. The first-order chi connectivity index (χ1) is 11.7. The molecule has 0 spiro atoms. The van der Waals surface area contributed by atoms with Gasteiger partial charge < -0.3 is 4.57 Å². The summed E-state index contributed by atoms with van der Waals surface area (Å²) in [5.74, 6) is 0. The molecule has 3 heteroatoms. The van der Waals surface area contributed by atoms with Gasteiger partial charge in [-0.3, -0.25) is 4.79 Å². The van der Waals surface area contributed by atoms with Gasteiger partial charge in [0, 0.05) is 11.8 Å². The highest BCUT2D eigenvalue weighted by atomic mass is 16.1. The number of nitrogens with zero attached hydrogens (tertiary/aromatic N) is 2. The van der Waals surface area contributed by atoms with Crippen molar-refractivity contribution in [3.8, 4) is 17.2 Å². The summed E-state index contributed by atoms with van der Waals surface area (Å²) in [6.07, 6.45) is 0.823. The van der Waals surface area contributed by atoms with Crippen LogP contribution in [-0.2, 0) is 13.0 Å². The van der Waals surface area contributed by atoms with E-state index in [9.17, 15) is 10.1 Å². The predicted molar refractivity (Wildman–Crippen MR) is 95.8 cm³/mol. The van der Waals surface area contributed by atoms with Crippen LogP contribution in [0.25, 0.3) is 11.1 Å². The maximum absolute atomic E-state index is 12.1. The molecular weight excluding hydrogens is 296 g/mol. The van der Waals surface area contributed by atoms with Crippen molar-refractivity contribution in [2.45, 2.75) is 19.9 Å². The average Bonchev–Trinajstić information content (AvgIpc) is 2.64. The molecule has 0 fully saturated rings. The van der Waals surface area contributed by atoms with Gasteiger partial charge in [0.2, 0.25) is 0 Å². The first kappa shape index (κ1) is 15.8. The topological polar surface area (TPSA) is 45.8 Å². The Morgan fingerprint density at radius 3 is 2.42 bits per heavy atom. The Balaban J connectivity index is 1.92. The zero-order valence-corrected chi connectivity index (χ0v) is 13.6. The maximum atomic E-state index is 12.1. The van der Waals surface area contributed by atoms with Crippen LogP contribution in [0.15, 0.2) is 71.5 Å². The Bertz CT molecular complexity index is 947. The largest absolute Gasteiger partial charge is 0.308 e. The van der Waals surface area contributed by atoms with E-state index in [1.54, 1.807) is 16.7 Å². The van der Waals surface area contributed by atoms with Gasteiger partial charge in [-0.15, -0.1) is 0 Å². The predicted octanol–water partition coefficient (Wildman–Crippen LogP) is 4.00. The zero-order valence-electron chi connectivity index (χ0n) is 13.6. The van der Waals surface area contributed by atoms with E-state index in [4.69, 9.17) is 0 Å². The molecular formula is C21H18N2O. The summed E-state index contributed by atoms with van der Waals surface area (Å²) in [4.78, 5) is 12.1. The lowest BCUT2D eigenvalue weighted by molar-refractivity contribution is 0.707. The van der Waals surface area contributed by atoms with Crippen molar-refractivity contribution in [1.29, 1.82) is 5.26 Å². The van der Waals surface area contributed by atoms with E-state index in [1.165, 1.54) is 0 Å². The molecule has 0 unspecified atom stereocenters. The second-order valence-electron chi connectivity index (χ2n) is 5.65. The van der Waals surface area contributed by atoms with E-state index in [-0.39, 0.29) is 5.56 Å².